The molecular formula is C12H23ClN2O. The van der Waals surface area contributed by atoms with E-state index in [1.54, 1.807) is 0 Å². The maximum atomic E-state index is 11.9. The Morgan fingerprint density at radius 2 is 1.69 bits per heavy atom. The molecule has 0 unspecified atom stereocenters. The zero-order valence-electron chi connectivity index (χ0n) is 9.86. The molecule has 4 heteroatoms. The number of nitrogens with two attached hydrogens (primary N) is 1. The van der Waals surface area contributed by atoms with Crippen molar-refractivity contribution in [3.63, 3.8) is 0 Å². The van der Waals surface area contributed by atoms with Crippen LogP contribution < -0.4 is 5.73 Å². The van der Waals surface area contributed by atoms with Crippen molar-refractivity contribution in [2.45, 2.75) is 51.0 Å². The minimum absolute atomic E-state index is 0. The van der Waals surface area contributed by atoms with E-state index in [1.807, 2.05) is 4.90 Å². The van der Waals surface area contributed by atoms with Gasteiger partial charge >= 0.3 is 0 Å². The largest absolute Gasteiger partial charge is 0.343 e. The fourth-order valence-corrected chi connectivity index (χ4v) is 2.74. The first-order valence-electron chi connectivity index (χ1n) is 6.29. The maximum Gasteiger partial charge on any atom is 0.222 e. The molecule has 0 aromatic carbocycles. The van der Waals surface area contributed by atoms with Crippen molar-refractivity contribution in [3.05, 3.63) is 0 Å². The van der Waals surface area contributed by atoms with Crippen LogP contribution in [0.4, 0.5) is 0 Å². The third-order valence-corrected chi connectivity index (χ3v) is 3.83. The van der Waals surface area contributed by atoms with Gasteiger partial charge in [0, 0.05) is 25.6 Å². The van der Waals surface area contributed by atoms with Gasteiger partial charge in [-0.3, -0.25) is 4.79 Å². The summed E-state index contributed by atoms with van der Waals surface area (Å²) in [5, 5.41) is 0. The SMILES string of the molecule is Cl.NC1CCN(C(=O)CC2CCCC2)CC1. The number of halogens is 1. The first kappa shape index (κ1) is 13.8. The predicted octanol–water partition coefficient (Wildman–Crippen LogP) is 1.94. The van der Waals surface area contributed by atoms with E-state index in [0.29, 0.717) is 17.9 Å². The number of piperidine rings is 1. The highest BCUT2D eigenvalue weighted by molar-refractivity contribution is 5.85. The van der Waals surface area contributed by atoms with E-state index >= 15 is 0 Å². The first-order chi connectivity index (χ1) is 7.25. The number of hydrogen-bond donors (Lipinski definition) is 1. The minimum Gasteiger partial charge on any atom is -0.343 e. The Morgan fingerprint density at radius 3 is 2.25 bits per heavy atom. The van der Waals surface area contributed by atoms with Gasteiger partial charge in [0.1, 0.15) is 0 Å². The Morgan fingerprint density at radius 1 is 1.12 bits per heavy atom. The van der Waals surface area contributed by atoms with E-state index in [0.717, 1.165) is 32.4 Å². The van der Waals surface area contributed by atoms with E-state index in [-0.39, 0.29) is 12.4 Å². The van der Waals surface area contributed by atoms with Gasteiger partial charge in [-0.1, -0.05) is 12.8 Å². The Bertz CT molecular complexity index is 221. The second-order valence-electron chi connectivity index (χ2n) is 5.07. The van der Waals surface area contributed by atoms with Crippen LogP contribution in [0.15, 0.2) is 0 Å². The van der Waals surface area contributed by atoms with E-state index < -0.39 is 0 Å². The van der Waals surface area contributed by atoms with Crippen molar-refractivity contribution in [1.82, 2.24) is 4.90 Å². The molecule has 0 atom stereocenters. The van der Waals surface area contributed by atoms with Crippen molar-refractivity contribution in [3.8, 4) is 0 Å². The zero-order valence-corrected chi connectivity index (χ0v) is 10.7. The highest BCUT2D eigenvalue weighted by atomic mass is 35.5. The third-order valence-electron chi connectivity index (χ3n) is 3.83. The molecule has 2 aliphatic rings. The smallest absolute Gasteiger partial charge is 0.222 e. The van der Waals surface area contributed by atoms with Crippen molar-refractivity contribution in [2.24, 2.45) is 11.7 Å². The first-order valence-corrected chi connectivity index (χ1v) is 6.29. The Balaban J connectivity index is 0.00000128. The van der Waals surface area contributed by atoms with Gasteiger partial charge in [0.15, 0.2) is 0 Å². The molecule has 0 bridgehead atoms. The van der Waals surface area contributed by atoms with Crippen LogP contribution in [-0.4, -0.2) is 29.9 Å². The highest BCUT2D eigenvalue weighted by Gasteiger charge is 2.24. The van der Waals surface area contributed by atoms with Gasteiger partial charge in [0.25, 0.3) is 0 Å². The molecule has 2 fully saturated rings. The molecule has 0 aromatic heterocycles. The summed E-state index contributed by atoms with van der Waals surface area (Å²) in [4.78, 5) is 14.0. The lowest BCUT2D eigenvalue weighted by atomic mass is 10.0. The van der Waals surface area contributed by atoms with Crippen molar-refractivity contribution in [1.29, 1.82) is 0 Å². The number of likely N-dealkylation sites (tertiary alicyclic amines) is 1. The van der Waals surface area contributed by atoms with Crippen LogP contribution in [0.2, 0.25) is 0 Å². The molecule has 1 aliphatic heterocycles. The van der Waals surface area contributed by atoms with Crippen LogP contribution >= 0.6 is 12.4 Å². The summed E-state index contributed by atoms with van der Waals surface area (Å²) in [6, 6.07) is 0.320. The predicted molar refractivity (Wildman–Crippen MR) is 67.6 cm³/mol. The summed E-state index contributed by atoms with van der Waals surface area (Å²) in [7, 11) is 0. The number of nitrogens with zero attached hydrogens (tertiary/aromatic N) is 1. The van der Waals surface area contributed by atoms with Crippen LogP contribution in [0.1, 0.15) is 44.9 Å². The fraction of sp³-hybridized carbons (Fsp3) is 0.917. The molecule has 2 N–H and O–H groups in total. The molecular weight excluding hydrogens is 224 g/mol. The van der Waals surface area contributed by atoms with E-state index in [9.17, 15) is 4.79 Å². The maximum absolute atomic E-state index is 11.9. The monoisotopic (exact) mass is 246 g/mol. The van der Waals surface area contributed by atoms with Gasteiger partial charge in [-0.25, -0.2) is 0 Å². The number of carbonyl (C=O) groups excluding carboxylic acids is 1. The normalized spacial score (nSPS) is 23.2. The van der Waals surface area contributed by atoms with E-state index in [2.05, 4.69) is 0 Å². The third kappa shape index (κ3) is 3.63. The lowest BCUT2D eigenvalue weighted by molar-refractivity contribution is -0.133. The van der Waals surface area contributed by atoms with Gasteiger partial charge < -0.3 is 10.6 Å². The number of hydrogen-bond acceptors (Lipinski definition) is 2. The number of carbonyl (C=O) groups is 1. The average molecular weight is 247 g/mol. The molecule has 2 rings (SSSR count). The van der Waals surface area contributed by atoms with Gasteiger partial charge in [-0.05, 0) is 31.6 Å². The second kappa shape index (κ2) is 6.45. The van der Waals surface area contributed by atoms with Gasteiger partial charge in [0.2, 0.25) is 5.91 Å². The van der Waals surface area contributed by atoms with Crippen molar-refractivity contribution >= 4 is 18.3 Å². The molecule has 1 saturated heterocycles. The molecule has 0 spiro atoms. The van der Waals surface area contributed by atoms with Crippen molar-refractivity contribution < 1.29 is 4.79 Å². The van der Waals surface area contributed by atoms with Crippen LogP contribution in [-0.2, 0) is 4.79 Å². The summed E-state index contributed by atoms with van der Waals surface area (Å²) in [6.45, 7) is 1.76. The molecule has 1 saturated carbocycles. The molecule has 1 aliphatic carbocycles. The summed E-state index contributed by atoms with van der Waals surface area (Å²) in [5.74, 6) is 1.04. The van der Waals surface area contributed by atoms with Crippen LogP contribution in [0.5, 0.6) is 0 Å². The molecule has 16 heavy (non-hydrogen) atoms. The van der Waals surface area contributed by atoms with Gasteiger partial charge in [0.05, 0.1) is 0 Å². The molecule has 3 nitrogen and oxygen atoms in total. The van der Waals surface area contributed by atoms with E-state index in [1.165, 1.54) is 25.7 Å². The molecule has 0 radical (unpaired) electrons. The molecule has 1 heterocycles. The summed E-state index contributed by atoms with van der Waals surface area (Å²) in [6.07, 6.45) is 7.92. The van der Waals surface area contributed by atoms with Gasteiger partial charge in [-0.15, -0.1) is 12.4 Å². The average Bonchev–Trinajstić information content (AvgIpc) is 2.71. The Labute approximate surface area is 104 Å². The molecule has 1 amide bonds. The summed E-state index contributed by atoms with van der Waals surface area (Å²) < 4.78 is 0. The zero-order chi connectivity index (χ0) is 10.7. The topological polar surface area (TPSA) is 46.3 Å². The van der Waals surface area contributed by atoms with Crippen LogP contribution in [0, 0.1) is 5.92 Å². The van der Waals surface area contributed by atoms with E-state index in [4.69, 9.17) is 5.73 Å². The summed E-state index contributed by atoms with van der Waals surface area (Å²) in [5.41, 5.74) is 5.82. The van der Waals surface area contributed by atoms with Gasteiger partial charge in [-0.2, -0.15) is 0 Å². The number of rotatable bonds is 2. The number of amides is 1. The second-order valence-corrected chi connectivity index (χ2v) is 5.07. The molecule has 0 aromatic rings. The molecule has 94 valence electrons. The fourth-order valence-electron chi connectivity index (χ4n) is 2.74. The van der Waals surface area contributed by atoms with Crippen LogP contribution in [0.25, 0.3) is 0 Å². The Kier molecular flexibility index (Phi) is 5.56. The van der Waals surface area contributed by atoms with Crippen molar-refractivity contribution in [2.75, 3.05) is 13.1 Å². The standard InChI is InChI=1S/C12H22N2O.ClH/c13-11-5-7-14(8-6-11)12(15)9-10-3-1-2-4-10;/h10-11H,1-9,13H2;1H. The Hall–Kier alpha value is -0.280. The minimum atomic E-state index is 0. The quantitative estimate of drug-likeness (QED) is 0.810. The van der Waals surface area contributed by atoms with Crippen LogP contribution in [0.3, 0.4) is 0 Å². The lowest BCUT2D eigenvalue weighted by Crippen LogP contribution is -2.43. The summed E-state index contributed by atoms with van der Waals surface area (Å²) >= 11 is 0. The highest BCUT2D eigenvalue weighted by Crippen LogP contribution is 2.28. The lowest BCUT2D eigenvalue weighted by Gasteiger charge is -2.31.